The van der Waals surface area contributed by atoms with Crippen LogP contribution in [0.1, 0.15) is 11.4 Å². The van der Waals surface area contributed by atoms with Crippen molar-refractivity contribution in [3.8, 4) is 0 Å². The summed E-state index contributed by atoms with van der Waals surface area (Å²) in [5.74, 6) is 1.58. The highest BCUT2D eigenvalue weighted by atomic mass is 35.5. The number of aromatic nitrogens is 2. The maximum atomic E-state index is 6.10. The van der Waals surface area contributed by atoms with Crippen molar-refractivity contribution in [3.63, 3.8) is 0 Å². The molecular formula is C12H11Cl3N4. The van der Waals surface area contributed by atoms with Crippen molar-refractivity contribution in [2.75, 3.05) is 11.1 Å². The van der Waals surface area contributed by atoms with E-state index in [4.69, 9.17) is 40.5 Å². The van der Waals surface area contributed by atoms with E-state index in [0.717, 1.165) is 5.56 Å². The molecule has 100 valence electrons. The van der Waals surface area contributed by atoms with Crippen LogP contribution in [0.15, 0.2) is 12.1 Å². The zero-order valence-electron chi connectivity index (χ0n) is 10.3. The number of hydrogen-bond donors (Lipinski definition) is 2. The fraction of sp³-hybridized carbons (Fsp3) is 0.167. The molecule has 0 bridgehead atoms. The number of nitrogens with two attached hydrogens (primary N) is 1. The second-order valence-corrected chi connectivity index (χ2v) is 5.22. The van der Waals surface area contributed by atoms with Gasteiger partial charge in [0.05, 0.1) is 20.8 Å². The molecule has 4 nitrogen and oxygen atoms in total. The van der Waals surface area contributed by atoms with Crippen molar-refractivity contribution in [3.05, 3.63) is 38.6 Å². The van der Waals surface area contributed by atoms with Crippen LogP contribution in [-0.2, 0) is 0 Å². The van der Waals surface area contributed by atoms with Gasteiger partial charge in [0.1, 0.15) is 17.5 Å². The molecule has 2 rings (SSSR count). The minimum atomic E-state index is 0.396. The standard InChI is InChI=1S/C12H11Cl3N4/c1-5-11(16)17-6(2)18-12(5)19-10-4-8(14)7(13)3-9(10)15/h3-4H,1-2H3,(H3,16,17,18,19). The van der Waals surface area contributed by atoms with Gasteiger partial charge in [-0.25, -0.2) is 9.97 Å². The molecule has 19 heavy (non-hydrogen) atoms. The molecule has 3 N–H and O–H groups in total. The Morgan fingerprint density at radius 3 is 2.32 bits per heavy atom. The smallest absolute Gasteiger partial charge is 0.139 e. The molecule has 0 saturated heterocycles. The Kier molecular flexibility index (Phi) is 4.04. The Labute approximate surface area is 125 Å². The lowest BCUT2D eigenvalue weighted by molar-refractivity contribution is 1.04. The van der Waals surface area contributed by atoms with Crippen LogP contribution in [0.5, 0.6) is 0 Å². The molecule has 0 aliphatic carbocycles. The van der Waals surface area contributed by atoms with E-state index in [0.29, 0.717) is 38.2 Å². The first-order chi connectivity index (χ1) is 8.88. The maximum Gasteiger partial charge on any atom is 0.139 e. The van der Waals surface area contributed by atoms with Gasteiger partial charge < -0.3 is 11.1 Å². The number of nitrogen functional groups attached to an aromatic ring is 1. The molecule has 0 atom stereocenters. The van der Waals surface area contributed by atoms with Gasteiger partial charge in [0.15, 0.2) is 0 Å². The summed E-state index contributed by atoms with van der Waals surface area (Å²) in [6.07, 6.45) is 0. The Hall–Kier alpha value is -1.23. The van der Waals surface area contributed by atoms with Crippen LogP contribution in [0.25, 0.3) is 0 Å². The number of halogens is 3. The summed E-state index contributed by atoms with van der Waals surface area (Å²) in [6, 6.07) is 3.21. The van der Waals surface area contributed by atoms with Crippen LogP contribution in [0.4, 0.5) is 17.3 Å². The third-order valence-corrected chi connectivity index (χ3v) is 3.59. The van der Waals surface area contributed by atoms with Gasteiger partial charge in [-0.3, -0.25) is 0 Å². The van der Waals surface area contributed by atoms with Gasteiger partial charge >= 0.3 is 0 Å². The number of anilines is 3. The zero-order chi connectivity index (χ0) is 14.2. The van der Waals surface area contributed by atoms with Crippen molar-refractivity contribution in [1.82, 2.24) is 9.97 Å². The summed E-state index contributed by atoms with van der Waals surface area (Å²) < 4.78 is 0. The molecule has 0 unspecified atom stereocenters. The highest BCUT2D eigenvalue weighted by Gasteiger charge is 2.11. The molecule has 2 aromatic rings. The lowest BCUT2D eigenvalue weighted by atomic mass is 10.2. The van der Waals surface area contributed by atoms with E-state index in [9.17, 15) is 0 Å². The fourth-order valence-corrected chi connectivity index (χ4v) is 2.11. The van der Waals surface area contributed by atoms with Crippen molar-refractivity contribution < 1.29 is 0 Å². The first kappa shape index (κ1) is 14.2. The van der Waals surface area contributed by atoms with Gasteiger partial charge in [-0.05, 0) is 26.0 Å². The van der Waals surface area contributed by atoms with E-state index in [1.807, 2.05) is 6.92 Å². The number of nitrogens with zero attached hydrogens (tertiary/aromatic N) is 2. The van der Waals surface area contributed by atoms with E-state index >= 15 is 0 Å². The van der Waals surface area contributed by atoms with Crippen LogP contribution in [0, 0.1) is 13.8 Å². The molecule has 0 amide bonds. The molecule has 1 heterocycles. The fourth-order valence-electron chi connectivity index (χ4n) is 1.52. The van der Waals surface area contributed by atoms with Crippen molar-refractivity contribution >= 4 is 52.1 Å². The monoisotopic (exact) mass is 316 g/mol. The average Bonchev–Trinajstić information content (AvgIpc) is 2.32. The summed E-state index contributed by atoms with van der Waals surface area (Å²) >= 11 is 18.0. The molecule has 0 saturated carbocycles. The summed E-state index contributed by atoms with van der Waals surface area (Å²) in [7, 11) is 0. The Bertz CT molecular complexity index is 643. The first-order valence-corrected chi connectivity index (χ1v) is 6.54. The number of rotatable bonds is 2. The lowest BCUT2D eigenvalue weighted by Crippen LogP contribution is -2.05. The second-order valence-electron chi connectivity index (χ2n) is 4.00. The van der Waals surface area contributed by atoms with E-state index in [-0.39, 0.29) is 0 Å². The van der Waals surface area contributed by atoms with Crippen LogP contribution in [-0.4, -0.2) is 9.97 Å². The van der Waals surface area contributed by atoms with E-state index < -0.39 is 0 Å². The molecule has 1 aromatic carbocycles. The van der Waals surface area contributed by atoms with Gasteiger partial charge in [0.25, 0.3) is 0 Å². The number of hydrogen-bond acceptors (Lipinski definition) is 4. The Balaban J connectivity index is 2.44. The number of aryl methyl sites for hydroxylation is 1. The number of benzene rings is 1. The van der Waals surface area contributed by atoms with Crippen molar-refractivity contribution in [2.45, 2.75) is 13.8 Å². The molecule has 0 aliphatic rings. The highest BCUT2D eigenvalue weighted by Crippen LogP contribution is 2.34. The van der Waals surface area contributed by atoms with Crippen LogP contribution in [0.2, 0.25) is 15.1 Å². The third kappa shape index (κ3) is 3.03. The predicted octanol–water partition coefficient (Wildman–Crippen LogP) is 4.38. The molecular weight excluding hydrogens is 307 g/mol. The van der Waals surface area contributed by atoms with Gasteiger partial charge in [-0.1, -0.05) is 34.8 Å². The molecule has 1 aromatic heterocycles. The first-order valence-electron chi connectivity index (χ1n) is 5.40. The zero-order valence-corrected chi connectivity index (χ0v) is 12.5. The Morgan fingerprint density at radius 1 is 1.00 bits per heavy atom. The number of nitrogens with one attached hydrogen (secondary N) is 1. The lowest BCUT2D eigenvalue weighted by Gasteiger charge is -2.12. The quantitative estimate of drug-likeness (QED) is 0.807. The largest absolute Gasteiger partial charge is 0.383 e. The van der Waals surface area contributed by atoms with E-state index in [2.05, 4.69) is 15.3 Å². The maximum absolute atomic E-state index is 6.10. The molecule has 7 heteroatoms. The topological polar surface area (TPSA) is 63.8 Å². The predicted molar refractivity (Wildman–Crippen MR) is 80.7 cm³/mol. The summed E-state index contributed by atoms with van der Waals surface area (Å²) in [5.41, 5.74) is 7.15. The molecule has 0 aliphatic heterocycles. The Morgan fingerprint density at radius 2 is 1.63 bits per heavy atom. The molecule has 0 spiro atoms. The van der Waals surface area contributed by atoms with Crippen LogP contribution in [0.3, 0.4) is 0 Å². The summed E-state index contributed by atoms with van der Waals surface area (Å²) in [5, 5.41) is 4.33. The van der Waals surface area contributed by atoms with Crippen molar-refractivity contribution in [2.24, 2.45) is 0 Å². The molecule has 0 fully saturated rings. The third-order valence-electron chi connectivity index (χ3n) is 2.56. The summed E-state index contributed by atoms with van der Waals surface area (Å²) in [4.78, 5) is 8.36. The van der Waals surface area contributed by atoms with E-state index in [1.54, 1.807) is 19.1 Å². The minimum Gasteiger partial charge on any atom is -0.383 e. The molecule has 0 radical (unpaired) electrons. The van der Waals surface area contributed by atoms with Crippen molar-refractivity contribution in [1.29, 1.82) is 0 Å². The second kappa shape index (κ2) is 5.41. The van der Waals surface area contributed by atoms with Gasteiger partial charge in [-0.15, -0.1) is 0 Å². The summed E-state index contributed by atoms with van der Waals surface area (Å²) in [6.45, 7) is 3.58. The van der Waals surface area contributed by atoms with Crippen LogP contribution >= 0.6 is 34.8 Å². The highest BCUT2D eigenvalue weighted by molar-refractivity contribution is 6.44. The SMILES string of the molecule is Cc1nc(N)c(C)c(Nc2cc(Cl)c(Cl)cc2Cl)n1. The average molecular weight is 318 g/mol. The van der Waals surface area contributed by atoms with Gasteiger partial charge in [-0.2, -0.15) is 0 Å². The normalized spacial score (nSPS) is 10.6. The minimum absolute atomic E-state index is 0.396. The van der Waals surface area contributed by atoms with Gasteiger partial charge in [0, 0.05) is 5.56 Å². The van der Waals surface area contributed by atoms with E-state index in [1.165, 1.54) is 0 Å². The van der Waals surface area contributed by atoms with Crippen LogP contribution < -0.4 is 11.1 Å². The van der Waals surface area contributed by atoms with Gasteiger partial charge in [0.2, 0.25) is 0 Å².